The number of carbonyl (C=O) groups is 1. The van der Waals surface area contributed by atoms with Crippen LogP contribution < -0.4 is 10.6 Å². The lowest BCUT2D eigenvalue weighted by molar-refractivity contribution is 0.0986. The van der Waals surface area contributed by atoms with Crippen LogP contribution in [0.4, 0.5) is 11.4 Å². The molecule has 5 heteroatoms. The van der Waals surface area contributed by atoms with Crippen LogP contribution in [0.1, 0.15) is 23.7 Å². The first-order chi connectivity index (χ1) is 10.0. The van der Waals surface area contributed by atoms with Crippen molar-refractivity contribution in [3.63, 3.8) is 0 Å². The largest absolute Gasteiger partial charge is 0.399 e. The lowest BCUT2D eigenvalue weighted by atomic mass is 10.1. The van der Waals surface area contributed by atoms with Crippen LogP contribution in [-0.4, -0.2) is 12.5 Å². The Bertz CT molecular complexity index is 660. The van der Waals surface area contributed by atoms with Gasteiger partial charge in [-0.2, -0.15) is 0 Å². The average Bonchev–Trinajstić information content (AvgIpc) is 2.44. The monoisotopic (exact) mass is 366 g/mol. The molecule has 3 nitrogen and oxygen atoms in total. The number of hydrogen-bond donors (Lipinski definition) is 1. The molecule has 0 aliphatic heterocycles. The molecule has 0 aliphatic carbocycles. The van der Waals surface area contributed by atoms with Crippen LogP contribution in [0.2, 0.25) is 5.02 Å². The fourth-order valence-corrected chi connectivity index (χ4v) is 2.92. The molecule has 0 atom stereocenters. The molecule has 1 amide bonds. The second kappa shape index (κ2) is 6.96. The average molecular weight is 368 g/mol. The first-order valence-electron chi connectivity index (χ1n) is 6.65. The summed E-state index contributed by atoms with van der Waals surface area (Å²) in [6.07, 6.45) is 0.853. The van der Waals surface area contributed by atoms with Crippen molar-refractivity contribution in [1.29, 1.82) is 0 Å². The molecule has 2 aromatic rings. The summed E-state index contributed by atoms with van der Waals surface area (Å²) in [5.74, 6) is -0.0778. The number of anilines is 2. The minimum Gasteiger partial charge on any atom is -0.399 e. The Morgan fingerprint density at radius 3 is 2.67 bits per heavy atom. The molecular weight excluding hydrogens is 352 g/mol. The molecule has 0 aliphatic rings. The molecule has 0 aromatic heterocycles. The fourth-order valence-electron chi connectivity index (χ4n) is 2.07. The lowest BCUT2D eigenvalue weighted by Crippen LogP contribution is -2.32. The summed E-state index contributed by atoms with van der Waals surface area (Å²) >= 11 is 9.33. The van der Waals surface area contributed by atoms with E-state index in [0.29, 0.717) is 27.3 Å². The molecule has 0 saturated carbocycles. The van der Waals surface area contributed by atoms with Crippen molar-refractivity contribution < 1.29 is 4.79 Å². The van der Waals surface area contributed by atoms with Gasteiger partial charge in [0.05, 0.1) is 5.56 Å². The Hall–Kier alpha value is -1.52. The summed E-state index contributed by atoms with van der Waals surface area (Å²) in [5, 5.41) is 0.587. The van der Waals surface area contributed by atoms with Crippen LogP contribution in [0.3, 0.4) is 0 Å². The maximum Gasteiger partial charge on any atom is 0.259 e. The SMILES string of the molecule is CCCN(C(=O)c1ccc(Cl)cc1Br)c1cccc(N)c1. The summed E-state index contributed by atoms with van der Waals surface area (Å²) in [6, 6.07) is 12.5. The van der Waals surface area contributed by atoms with E-state index in [4.69, 9.17) is 17.3 Å². The molecule has 21 heavy (non-hydrogen) atoms. The second-order valence-electron chi connectivity index (χ2n) is 4.68. The van der Waals surface area contributed by atoms with E-state index in [1.165, 1.54) is 0 Å². The van der Waals surface area contributed by atoms with Crippen molar-refractivity contribution in [2.75, 3.05) is 17.2 Å². The van der Waals surface area contributed by atoms with Crippen LogP contribution >= 0.6 is 27.5 Å². The molecule has 0 saturated heterocycles. The van der Waals surface area contributed by atoms with E-state index in [1.54, 1.807) is 35.2 Å². The third-order valence-electron chi connectivity index (χ3n) is 3.04. The number of rotatable bonds is 4. The van der Waals surface area contributed by atoms with Gasteiger partial charge in [0.1, 0.15) is 0 Å². The fraction of sp³-hybridized carbons (Fsp3) is 0.188. The van der Waals surface area contributed by atoms with Crippen molar-refractivity contribution >= 4 is 44.8 Å². The zero-order valence-electron chi connectivity index (χ0n) is 11.6. The smallest absolute Gasteiger partial charge is 0.259 e. The molecule has 2 N–H and O–H groups in total. The van der Waals surface area contributed by atoms with Gasteiger partial charge < -0.3 is 10.6 Å². The van der Waals surface area contributed by atoms with Crippen LogP contribution in [0, 0.1) is 0 Å². The number of amides is 1. The molecule has 0 unspecified atom stereocenters. The molecule has 0 bridgehead atoms. The number of nitrogens with zero attached hydrogens (tertiary/aromatic N) is 1. The predicted molar refractivity (Wildman–Crippen MR) is 92.0 cm³/mol. The lowest BCUT2D eigenvalue weighted by Gasteiger charge is -2.23. The zero-order valence-corrected chi connectivity index (χ0v) is 14.0. The highest BCUT2D eigenvalue weighted by molar-refractivity contribution is 9.10. The summed E-state index contributed by atoms with van der Waals surface area (Å²) in [4.78, 5) is 14.5. The highest BCUT2D eigenvalue weighted by Gasteiger charge is 2.19. The first kappa shape index (κ1) is 15.9. The quantitative estimate of drug-likeness (QED) is 0.793. The van der Waals surface area contributed by atoms with Crippen LogP contribution in [0.25, 0.3) is 0 Å². The summed E-state index contributed by atoms with van der Waals surface area (Å²) in [5.41, 5.74) is 7.83. The molecule has 0 radical (unpaired) electrons. The van der Waals surface area contributed by atoms with Crippen molar-refractivity contribution in [2.45, 2.75) is 13.3 Å². The second-order valence-corrected chi connectivity index (χ2v) is 5.97. The highest BCUT2D eigenvalue weighted by atomic mass is 79.9. The van der Waals surface area contributed by atoms with Gasteiger partial charge in [0.25, 0.3) is 5.91 Å². The third-order valence-corrected chi connectivity index (χ3v) is 3.93. The van der Waals surface area contributed by atoms with Crippen LogP contribution in [-0.2, 0) is 0 Å². The van der Waals surface area contributed by atoms with Gasteiger partial charge in [0.2, 0.25) is 0 Å². The highest BCUT2D eigenvalue weighted by Crippen LogP contribution is 2.26. The Kier molecular flexibility index (Phi) is 5.26. The van der Waals surface area contributed by atoms with E-state index in [9.17, 15) is 4.79 Å². The van der Waals surface area contributed by atoms with E-state index in [1.807, 2.05) is 19.1 Å². The molecular formula is C16H16BrClN2O. The molecule has 0 heterocycles. The molecule has 110 valence electrons. The van der Waals surface area contributed by atoms with Gasteiger partial charge >= 0.3 is 0 Å². The zero-order chi connectivity index (χ0) is 15.4. The van der Waals surface area contributed by atoms with Gasteiger partial charge in [-0.1, -0.05) is 24.6 Å². The summed E-state index contributed by atoms with van der Waals surface area (Å²) in [6.45, 7) is 2.65. The Balaban J connectivity index is 2.40. The maximum absolute atomic E-state index is 12.8. The third kappa shape index (κ3) is 3.77. The van der Waals surface area contributed by atoms with Gasteiger partial charge in [-0.15, -0.1) is 0 Å². The van der Waals surface area contributed by atoms with Crippen LogP contribution in [0.15, 0.2) is 46.9 Å². The van der Waals surface area contributed by atoms with Gasteiger partial charge in [-0.25, -0.2) is 0 Å². The Labute approximate surface area is 137 Å². The van der Waals surface area contributed by atoms with E-state index < -0.39 is 0 Å². The number of benzene rings is 2. The molecule has 0 spiro atoms. The van der Waals surface area contributed by atoms with Crippen LogP contribution in [0.5, 0.6) is 0 Å². The van der Waals surface area contributed by atoms with Gasteiger partial charge in [0, 0.05) is 27.4 Å². The van der Waals surface area contributed by atoms with Crippen molar-refractivity contribution in [1.82, 2.24) is 0 Å². The van der Waals surface area contributed by atoms with Crippen molar-refractivity contribution in [3.05, 3.63) is 57.5 Å². The predicted octanol–water partition coefficient (Wildman–Crippen LogP) is 4.74. The van der Waals surface area contributed by atoms with Crippen molar-refractivity contribution in [3.8, 4) is 0 Å². The normalized spacial score (nSPS) is 10.4. The van der Waals surface area contributed by atoms with E-state index in [0.717, 1.165) is 12.1 Å². The van der Waals surface area contributed by atoms with Gasteiger partial charge in [-0.3, -0.25) is 4.79 Å². The van der Waals surface area contributed by atoms with Gasteiger partial charge in [-0.05, 0) is 58.7 Å². The summed E-state index contributed by atoms with van der Waals surface area (Å²) < 4.78 is 0.685. The number of halogens is 2. The molecule has 2 aromatic carbocycles. The van der Waals surface area contributed by atoms with Crippen molar-refractivity contribution in [2.24, 2.45) is 0 Å². The van der Waals surface area contributed by atoms with E-state index >= 15 is 0 Å². The number of hydrogen-bond acceptors (Lipinski definition) is 2. The van der Waals surface area contributed by atoms with E-state index in [2.05, 4.69) is 15.9 Å². The minimum absolute atomic E-state index is 0.0778. The number of nitrogens with two attached hydrogens (primary N) is 1. The van der Waals surface area contributed by atoms with Gasteiger partial charge in [0.15, 0.2) is 0 Å². The Morgan fingerprint density at radius 2 is 2.05 bits per heavy atom. The Morgan fingerprint density at radius 1 is 1.29 bits per heavy atom. The molecule has 2 rings (SSSR count). The van der Waals surface area contributed by atoms with E-state index in [-0.39, 0.29) is 5.91 Å². The number of nitrogen functional groups attached to an aromatic ring is 1. The number of carbonyl (C=O) groups excluding carboxylic acids is 1. The molecule has 0 fully saturated rings. The topological polar surface area (TPSA) is 46.3 Å². The first-order valence-corrected chi connectivity index (χ1v) is 7.82. The minimum atomic E-state index is -0.0778. The summed E-state index contributed by atoms with van der Waals surface area (Å²) in [7, 11) is 0. The standard InChI is InChI=1S/C16H16BrClN2O/c1-2-8-20(13-5-3-4-12(19)10-13)16(21)14-7-6-11(18)9-15(14)17/h3-7,9-10H,2,8,19H2,1H3. The maximum atomic E-state index is 12.8.